The van der Waals surface area contributed by atoms with Gasteiger partial charge in [0, 0.05) is 22.7 Å². The highest BCUT2D eigenvalue weighted by molar-refractivity contribution is 5.46. The lowest BCUT2D eigenvalue weighted by molar-refractivity contribution is 0.482. The Morgan fingerprint density at radius 3 is 0.645 bits per heavy atom. The maximum Gasteiger partial charge on any atom is 0.127 e. The summed E-state index contributed by atoms with van der Waals surface area (Å²) < 4.78 is 11.2. The predicted molar refractivity (Wildman–Crippen MR) is 127 cm³/mol. The fraction of sp³-hybridized carbons (Fsp3) is 0. The molecule has 160 valence electrons. The van der Waals surface area contributed by atoms with Crippen LogP contribution in [0.15, 0.2) is 97.1 Å². The molecule has 0 saturated carbocycles. The van der Waals surface area contributed by atoms with Gasteiger partial charge in [-0.05, 0) is 97.1 Å². The number of nitrogen functional groups attached to an aromatic ring is 4. The van der Waals surface area contributed by atoms with Gasteiger partial charge >= 0.3 is 0 Å². The summed E-state index contributed by atoms with van der Waals surface area (Å²) in [6.07, 6.45) is 0. The Kier molecular flexibility index (Phi) is 8.13. The van der Waals surface area contributed by atoms with E-state index in [1.165, 1.54) is 0 Å². The second-order valence-electron chi connectivity index (χ2n) is 6.48. The molecule has 0 bridgehead atoms. The number of rotatable bonds is 4. The van der Waals surface area contributed by atoms with Crippen molar-refractivity contribution in [2.75, 3.05) is 22.9 Å². The maximum atomic E-state index is 5.58. The molecule has 4 aromatic rings. The summed E-state index contributed by atoms with van der Waals surface area (Å²) in [5.41, 5.74) is 25.2. The van der Waals surface area contributed by atoms with Crippen LogP contribution in [0, 0.1) is 0 Å². The van der Waals surface area contributed by atoms with Gasteiger partial charge in [-0.25, -0.2) is 0 Å². The van der Waals surface area contributed by atoms with E-state index in [9.17, 15) is 0 Å². The normalized spacial score (nSPS) is 9.55. The van der Waals surface area contributed by atoms with Crippen LogP contribution < -0.4 is 32.4 Å². The first-order chi connectivity index (χ1) is 14.5. The summed E-state index contributed by atoms with van der Waals surface area (Å²) in [6.45, 7) is 0. The van der Waals surface area contributed by atoms with Crippen molar-refractivity contribution >= 4 is 22.7 Å². The fourth-order valence-corrected chi connectivity index (χ4v) is 2.42. The van der Waals surface area contributed by atoms with Crippen LogP contribution in [0.2, 0.25) is 0 Å². The van der Waals surface area contributed by atoms with E-state index < -0.39 is 0 Å². The molecular weight excluding hydrogens is 392 g/mol. The molecule has 0 fully saturated rings. The second-order valence-corrected chi connectivity index (χ2v) is 6.48. The van der Waals surface area contributed by atoms with Crippen LogP contribution in [0.1, 0.15) is 0 Å². The standard InChI is InChI=1S/2C12H12N2O.H2O/c2*13-9-1-5-11(6-2-9)15-12-7-3-10(14)4-8-12;/h2*1-8H,13-14H2;1H2. The molecular formula is C24H26N4O3. The zero-order valence-corrected chi connectivity index (χ0v) is 16.9. The minimum Gasteiger partial charge on any atom is -0.457 e. The minimum absolute atomic E-state index is 0. The summed E-state index contributed by atoms with van der Waals surface area (Å²) >= 11 is 0. The monoisotopic (exact) mass is 418 g/mol. The number of nitrogens with two attached hydrogens (primary N) is 4. The second kappa shape index (κ2) is 11.0. The molecule has 31 heavy (non-hydrogen) atoms. The number of benzene rings is 4. The first-order valence-corrected chi connectivity index (χ1v) is 9.26. The van der Waals surface area contributed by atoms with Gasteiger partial charge in [0.1, 0.15) is 23.0 Å². The molecule has 0 aromatic heterocycles. The molecule has 0 spiro atoms. The number of ether oxygens (including phenoxy) is 2. The highest BCUT2D eigenvalue weighted by atomic mass is 16.5. The van der Waals surface area contributed by atoms with E-state index in [0.29, 0.717) is 0 Å². The molecule has 0 unspecified atom stereocenters. The summed E-state index contributed by atoms with van der Waals surface area (Å²) in [4.78, 5) is 0. The van der Waals surface area contributed by atoms with Gasteiger partial charge in [-0.3, -0.25) is 0 Å². The SMILES string of the molecule is Nc1ccc(Oc2ccc(N)cc2)cc1.Nc1ccc(Oc2ccc(N)cc2)cc1.O. The highest BCUT2D eigenvalue weighted by Gasteiger charge is 1.97. The molecule has 0 radical (unpaired) electrons. The Hall–Kier alpha value is -4.36. The van der Waals surface area contributed by atoms with Crippen molar-refractivity contribution in [3.63, 3.8) is 0 Å². The molecule has 7 heteroatoms. The zero-order chi connectivity index (χ0) is 21.3. The average Bonchev–Trinajstić information content (AvgIpc) is 2.75. The summed E-state index contributed by atoms with van der Waals surface area (Å²) in [7, 11) is 0. The highest BCUT2D eigenvalue weighted by Crippen LogP contribution is 2.23. The predicted octanol–water partition coefficient (Wildman–Crippen LogP) is 4.46. The molecule has 0 aliphatic heterocycles. The molecule has 0 aliphatic carbocycles. The summed E-state index contributed by atoms with van der Waals surface area (Å²) in [6, 6.07) is 29.0. The van der Waals surface area contributed by atoms with Crippen LogP contribution in [0.4, 0.5) is 22.7 Å². The van der Waals surface area contributed by atoms with Crippen molar-refractivity contribution in [3.05, 3.63) is 97.1 Å². The van der Waals surface area contributed by atoms with E-state index >= 15 is 0 Å². The summed E-state index contributed by atoms with van der Waals surface area (Å²) in [5, 5.41) is 0. The van der Waals surface area contributed by atoms with Crippen molar-refractivity contribution in [1.82, 2.24) is 0 Å². The molecule has 7 nitrogen and oxygen atoms in total. The van der Waals surface area contributed by atoms with E-state index in [1.54, 1.807) is 48.5 Å². The fourth-order valence-electron chi connectivity index (χ4n) is 2.42. The lowest BCUT2D eigenvalue weighted by Gasteiger charge is -2.05. The van der Waals surface area contributed by atoms with Crippen molar-refractivity contribution in [1.29, 1.82) is 0 Å². The number of hydrogen-bond donors (Lipinski definition) is 4. The van der Waals surface area contributed by atoms with Crippen LogP contribution in [0.5, 0.6) is 23.0 Å². The van der Waals surface area contributed by atoms with Gasteiger partial charge in [0.15, 0.2) is 0 Å². The van der Waals surface area contributed by atoms with Crippen molar-refractivity contribution in [2.24, 2.45) is 0 Å². The van der Waals surface area contributed by atoms with Crippen LogP contribution in [-0.2, 0) is 0 Å². The van der Waals surface area contributed by atoms with Crippen LogP contribution in [0.25, 0.3) is 0 Å². The number of hydrogen-bond acceptors (Lipinski definition) is 6. The molecule has 10 N–H and O–H groups in total. The third-order valence-corrected chi connectivity index (χ3v) is 3.99. The molecule has 0 atom stereocenters. The first-order valence-electron chi connectivity index (χ1n) is 9.26. The van der Waals surface area contributed by atoms with Crippen LogP contribution >= 0.6 is 0 Å². The maximum absolute atomic E-state index is 5.58. The van der Waals surface area contributed by atoms with Gasteiger partial charge in [-0.15, -0.1) is 0 Å². The van der Waals surface area contributed by atoms with Gasteiger partial charge < -0.3 is 37.9 Å². The van der Waals surface area contributed by atoms with Gasteiger partial charge in [-0.1, -0.05) is 0 Å². The molecule has 0 amide bonds. The van der Waals surface area contributed by atoms with Gasteiger partial charge in [-0.2, -0.15) is 0 Å². The van der Waals surface area contributed by atoms with E-state index in [0.717, 1.165) is 45.7 Å². The van der Waals surface area contributed by atoms with Crippen LogP contribution in [0.3, 0.4) is 0 Å². The van der Waals surface area contributed by atoms with E-state index in [2.05, 4.69) is 0 Å². The zero-order valence-electron chi connectivity index (χ0n) is 16.9. The van der Waals surface area contributed by atoms with E-state index in [4.69, 9.17) is 32.4 Å². The van der Waals surface area contributed by atoms with Gasteiger partial charge in [0.2, 0.25) is 0 Å². The average molecular weight is 418 g/mol. The Morgan fingerprint density at radius 1 is 0.323 bits per heavy atom. The lowest BCUT2D eigenvalue weighted by Crippen LogP contribution is -1.87. The lowest BCUT2D eigenvalue weighted by atomic mass is 10.3. The van der Waals surface area contributed by atoms with Crippen LogP contribution in [-0.4, -0.2) is 5.48 Å². The Morgan fingerprint density at radius 2 is 0.484 bits per heavy atom. The molecule has 4 aromatic carbocycles. The molecule has 0 heterocycles. The van der Waals surface area contributed by atoms with E-state index in [1.807, 2.05) is 48.5 Å². The van der Waals surface area contributed by atoms with E-state index in [-0.39, 0.29) is 5.48 Å². The quantitative estimate of drug-likeness (QED) is 0.359. The van der Waals surface area contributed by atoms with Crippen molar-refractivity contribution in [3.8, 4) is 23.0 Å². The topological polar surface area (TPSA) is 154 Å². The Balaban J connectivity index is 0.000000213. The van der Waals surface area contributed by atoms with Gasteiger partial charge in [0.05, 0.1) is 0 Å². The van der Waals surface area contributed by atoms with Crippen molar-refractivity contribution in [2.45, 2.75) is 0 Å². The Bertz CT molecular complexity index is 874. The first kappa shape index (κ1) is 22.9. The largest absolute Gasteiger partial charge is 0.457 e. The third-order valence-electron chi connectivity index (χ3n) is 3.99. The molecule has 4 rings (SSSR count). The smallest absolute Gasteiger partial charge is 0.127 e. The number of anilines is 4. The molecule has 0 saturated heterocycles. The minimum atomic E-state index is 0. The van der Waals surface area contributed by atoms with Gasteiger partial charge in [0.25, 0.3) is 0 Å². The van der Waals surface area contributed by atoms with Crippen molar-refractivity contribution < 1.29 is 14.9 Å². The molecule has 0 aliphatic rings. The third kappa shape index (κ3) is 7.52. The summed E-state index contributed by atoms with van der Waals surface area (Å²) in [5.74, 6) is 3.03. The Labute approximate surface area is 181 Å².